The van der Waals surface area contributed by atoms with Crippen molar-refractivity contribution in [1.82, 2.24) is 29.9 Å². The Kier molecular flexibility index (Phi) is 13.4. The van der Waals surface area contributed by atoms with E-state index in [2.05, 4.69) is 185 Å². The van der Waals surface area contributed by atoms with Crippen molar-refractivity contribution in [3.63, 3.8) is 0 Å². The molecule has 18 rings (SSSR count). The Morgan fingerprint density at radius 1 is 0.233 bits per heavy atom. The Bertz CT molecular complexity index is 4880. The number of nitrogens with zero attached hydrogens (tertiary/aromatic N) is 6. The minimum absolute atomic E-state index is 0.202. The first-order valence-corrected chi connectivity index (χ1v) is 30.4. The highest BCUT2D eigenvalue weighted by Crippen LogP contribution is 2.64. The zero-order chi connectivity index (χ0) is 60.3. The van der Waals surface area contributed by atoms with Gasteiger partial charge in [-0.15, -0.1) is 0 Å². The van der Waals surface area contributed by atoms with Crippen LogP contribution in [0.5, 0.6) is 0 Å². The van der Waals surface area contributed by atoms with Crippen LogP contribution in [-0.2, 0) is 10.8 Å². The van der Waals surface area contributed by atoms with Crippen LogP contribution >= 0.6 is 11.6 Å². The van der Waals surface area contributed by atoms with Gasteiger partial charge < -0.3 is 10.0 Å². The van der Waals surface area contributed by atoms with Crippen LogP contribution < -0.4 is 5.46 Å². The molecule has 2 N–H and O–H groups in total. The van der Waals surface area contributed by atoms with Crippen molar-refractivity contribution in [1.29, 1.82) is 0 Å². The molecule has 0 unspecified atom stereocenters. The van der Waals surface area contributed by atoms with Crippen molar-refractivity contribution in [3.8, 4) is 101 Å². The molecule has 0 fully saturated rings. The smallest absolute Gasteiger partial charge is 0.423 e. The summed E-state index contributed by atoms with van der Waals surface area (Å²) in [7, 11) is -1.47. The van der Waals surface area contributed by atoms with Crippen LogP contribution in [0.2, 0.25) is 5.28 Å². The maximum Gasteiger partial charge on any atom is 0.488 e. The van der Waals surface area contributed by atoms with Gasteiger partial charge in [0.2, 0.25) is 5.28 Å². The zero-order valence-electron chi connectivity index (χ0n) is 48.4. The van der Waals surface area contributed by atoms with Crippen molar-refractivity contribution in [2.45, 2.75) is 10.8 Å². The van der Waals surface area contributed by atoms with Gasteiger partial charge in [-0.25, -0.2) is 19.9 Å². The fraction of sp³-hybridized carbons (Fsp3) is 0.0250. The number of hydrogen-bond acceptors (Lipinski definition) is 8. The molecule has 0 amide bonds. The molecule has 10 heteroatoms. The number of fused-ring (bicyclic) bond motifs is 20. The normalized spacial score (nSPS) is 13.0. The van der Waals surface area contributed by atoms with Crippen molar-refractivity contribution in [3.05, 3.63) is 353 Å². The third kappa shape index (κ3) is 8.77. The van der Waals surface area contributed by atoms with Gasteiger partial charge in [0, 0.05) is 27.8 Å². The summed E-state index contributed by atoms with van der Waals surface area (Å²) in [6.45, 7) is 0. The molecule has 0 aliphatic heterocycles. The predicted molar refractivity (Wildman–Crippen MR) is 361 cm³/mol. The summed E-state index contributed by atoms with van der Waals surface area (Å²) in [5.41, 5.74) is 24.8. The van der Waals surface area contributed by atoms with Crippen LogP contribution in [0.3, 0.4) is 0 Å². The summed E-state index contributed by atoms with van der Waals surface area (Å²) < 4.78 is 0. The number of rotatable bonds is 6. The second-order valence-corrected chi connectivity index (χ2v) is 23.1. The summed E-state index contributed by atoms with van der Waals surface area (Å²) in [4.78, 5) is 27.7. The fourth-order valence-corrected chi connectivity index (χ4v) is 14.4. The topological polar surface area (TPSA) is 118 Å². The maximum absolute atomic E-state index is 9.73. The molecule has 4 aliphatic rings. The van der Waals surface area contributed by atoms with Crippen LogP contribution in [0.1, 0.15) is 44.5 Å². The highest BCUT2D eigenvalue weighted by Gasteiger charge is 2.53. The van der Waals surface area contributed by atoms with Gasteiger partial charge in [-0.3, -0.25) is 0 Å². The second-order valence-electron chi connectivity index (χ2n) is 22.7. The third-order valence-corrected chi connectivity index (χ3v) is 18.1. The van der Waals surface area contributed by atoms with E-state index in [1.807, 2.05) is 133 Å². The number of halogens is 1. The monoisotopic (exact) mass is 1170 g/mol. The first-order valence-electron chi connectivity index (χ1n) is 30.0. The lowest BCUT2D eigenvalue weighted by Crippen LogP contribution is -2.31. The van der Waals surface area contributed by atoms with Gasteiger partial charge in [-0.2, -0.15) is 9.97 Å². The molecule has 0 saturated carbocycles. The van der Waals surface area contributed by atoms with Gasteiger partial charge in [-0.05, 0) is 112 Å². The van der Waals surface area contributed by atoms with E-state index in [1.165, 1.54) is 77.9 Å². The Hall–Kier alpha value is -11.1. The van der Waals surface area contributed by atoms with E-state index < -0.39 is 7.12 Å². The van der Waals surface area contributed by atoms with Crippen molar-refractivity contribution in [2.75, 3.05) is 0 Å². The zero-order valence-corrected chi connectivity index (χ0v) is 49.2. The molecule has 2 heterocycles. The SMILES string of the molecule is Clc1nc(-c2ccccc2)nc(-c2ccccc2)n1.OB(O)c1ccc2c(c1)-c1ccccc1C21c2ccccc2-c2ccccc21.c1ccc(-c2nc(-c3ccccc3)nc(-c3ccc4c(c3)-c3ccccc3C43c4ccccc4-c4ccccc43)n2)cc1. The molecule has 90 heavy (non-hydrogen) atoms. The van der Waals surface area contributed by atoms with Crippen molar-refractivity contribution in [2.24, 2.45) is 0 Å². The van der Waals surface area contributed by atoms with Crippen molar-refractivity contribution >= 4 is 24.2 Å². The molecular formula is C80H52BClN6O2. The second kappa shape index (κ2) is 22.3. The first kappa shape index (κ1) is 54.3. The molecule has 4 aliphatic carbocycles. The van der Waals surface area contributed by atoms with Gasteiger partial charge >= 0.3 is 7.12 Å². The summed E-state index contributed by atoms with van der Waals surface area (Å²) in [5, 5.41) is 19.7. The van der Waals surface area contributed by atoms with Gasteiger partial charge in [0.15, 0.2) is 29.1 Å². The molecule has 0 saturated heterocycles. The van der Waals surface area contributed by atoms with Crippen LogP contribution in [0.15, 0.2) is 303 Å². The minimum Gasteiger partial charge on any atom is -0.423 e. The van der Waals surface area contributed by atoms with Crippen LogP contribution in [0, 0.1) is 0 Å². The van der Waals surface area contributed by atoms with Crippen LogP contribution in [0.4, 0.5) is 0 Å². The van der Waals surface area contributed by atoms with E-state index in [9.17, 15) is 10.0 Å². The van der Waals surface area contributed by atoms with Gasteiger partial charge in [0.25, 0.3) is 0 Å². The average Bonchev–Trinajstić information content (AvgIpc) is 1.52. The minimum atomic E-state index is -1.47. The van der Waals surface area contributed by atoms with Gasteiger partial charge in [-0.1, -0.05) is 297 Å². The quantitative estimate of drug-likeness (QED) is 0.158. The Morgan fingerprint density at radius 3 is 0.800 bits per heavy atom. The van der Waals surface area contributed by atoms with E-state index in [-0.39, 0.29) is 16.1 Å². The standard InChI is InChI=1S/C40H25N3.C25H17BO2.C15H10ClN3/c1-3-13-26(14-4-1)37-41-38(27-15-5-2-6-16-27)43-39(42-37)28-23-24-36-32(25-28)31-19-9-12-22-35(31)40(36)33-20-10-7-17-29(33)30-18-8-11-21-34(30)40;27-26(28)16-13-14-24-20(15-16)19-9-3-6-12-23(19)25(24)21-10-4-1-7-17(21)18-8-2-5-11-22(18)25;16-15-18-13(11-7-3-1-4-8-11)17-14(19-15)12-9-5-2-6-10-12/h1-25H;1-15,27-28H;1-10H. The lowest BCUT2D eigenvalue weighted by atomic mass is 9.70. The maximum atomic E-state index is 9.73. The van der Waals surface area contributed by atoms with Gasteiger partial charge in [0.1, 0.15) is 0 Å². The summed E-state index contributed by atoms with van der Waals surface area (Å²) in [5.74, 6) is 3.17. The molecule has 0 atom stereocenters. The molecule has 0 radical (unpaired) electrons. The molecule has 14 aromatic rings. The molecule has 12 aromatic carbocycles. The van der Waals surface area contributed by atoms with E-state index in [0.29, 0.717) is 34.6 Å². The van der Waals surface area contributed by atoms with Crippen LogP contribution in [-0.4, -0.2) is 47.1 Å². The summed E-state index contributed by atoms with van der Waals surface area (Å²) in [6.07, 6.45) is 0. The van der Waals surface area contributed by atoms with E-state index >= 15 is 0 Å². The lowest BCUT2D eigenvalue weighted by molar-refractivity contribution is 0.426. The Labute approximate surface area is 526 Å². The lowest BCUT2D eigenvalue weighted by Gasteiger charge is -2.30. The highest BCUT2D eigenvalue weighted by atomic mass is 35.5. The number of aromatic nitrogens is 6. The highest BCUT2D eigenvalue weighted by molar-refractivity contribution is 6.58. The van der Waals surface area contributed by atoms with Crippen LogP contribution in [0.25, 0.3) is 101 Å². The van der Waals surface area contributed by atoms with Crippen molar-refractivity contribution < 1.29 is 10.0 Å². The molecule has 0 bridgehead atoms. The van der Waals surface area contributed by atoms with E-state index in [1.54, 1.807) is 0 Å². The van der Waals surface area contributed by atoms with E-state index in [0.717, 1.165) is 38.9 Å². The predicted octanol–water partition coefficient (Wildman–Crippen LogP) is 16.8. The third-order valence-electron chi connectivity index (χ3n) is 17.9. The Morgan fingerprint density at radius 2 is 0.478 bits per heavy atom. The molecule has 424 valence electrons. The molecular weight excluding hydrogens is 1120 g/mol. The number of hydrogen-bond donors (Lipinski definition) is 2. The average molecular weight is 1180 g/mol. The molecule has 2 spiro atoms. The van der Waals surface area contributed by atoms with Gasteiger partial charge in [0.05, 0.1) is 10.8 Å². The summed E-state index contributed by atoms with van der Waals surface area (Å²) in [6, 6.07) is 105. The van der Waals surface area contributed by atoms with E-state index in [4.69, 9.17) is 26.6 Å². The largest absolute Gasteiger partial charge is 0.488 e. The Balaban J connectivity index is 0.000000118. The molecule has 8 nitrogen and oxygen atoms in total. The first-order chi connectivity index (χ1) is 44.4. The number of benzene rings is 12. The molecule has 2 aromatic heterocycles. The summed E-state index contributed by atoms with van der Waals surface area (Å²) >= 11 is 5.99. The fourth-order valence-electron chi connectivity index (χ4n) is 14.2.